The lowest BCUT2D eigenvalue weighted by Crippen LogP contribution is -2.51. The first kappa shape index (κ1) is 15.6. The number of carbonyl (C=O) groups is 2. The molecule has 0 unspecified atom stereocenters. The predicted octanol–water partition coefficient (Wildman–Crippen LogP) is 1.21. The number of hydrogen-bond acceptors (Lipinski definition) is 3. The van der Waals surface area contributed by atoms with Crippen molar-refractivity contribution in [2.45, 2.75) is 51.2 Å². The van der Waals surface area contributed by atoms with Crippen LogP contribution in [-0.4, -0.2) is 66.7 Å². The van der Waals surface area contributed by atoms with E-state index in [2.05, 4.69) is 12.2 Å². The summed E-state index contributed by atoms with van der Waals surface area (Å²) in [6, 6.07) is 0.340. The van der Waals surface area contributed by atoms with Crippen LogP contribution in [0.2, 0.25) is 0 Å². The summed E-state index contributed by atoms with van der Waals surface area (Å²) in [6.07, 6.45) is 4.71. The molecule has 0 aliphatic carbocycles. The van der Waals surface area contributed by atoms with E-state index in [-0.39, 0.29) is 30.0 Å². The highest BCUT2D eigenvalue weighted by atomic mass is 16.5. The first-order valence-corrected chi connectivity index (χ1v) is 8.65. The first-order chi connectivity index (χ1) is 10.7. The van der Waals surface area contributed by atoms with Crippen molar-refractivity contribution in [2.24, 2.45) is 5.92 Å². The molecule has 2 atom stereocenters. The van der Waals surface area contributed by atoms with Gasteiger partial charge < -0.3 is 19.9 Å². The van der Waals surface area contributed by atoms with E-state index in [9.17, 15) is 9.59 Å². The number of likely N-dealkylation sites (tertiary alicyclic amines) is 1. The number of carbonyl (C=O) groups excluding carboxylic acids is 2. The van der Waals surface area contributed by atoms with Crippen LogP contribution < -0.4 is 5.32 Å². The minimum Gasteiger partial charge on any atom is -0.377 e. The Labute approximate surface area is 132 Å². The Bertz CT molecular complexity index is 421. The largest absolute Gasteiger partial charge is 0.377 e. The SMILES string of the molecule is CC[C@@H]1OCCC[C@@H]1C(=O)N1CCC(N2CCNC2=O)CC1. The molecule has 3 aliphatic rings. The fourth-order valence-electron chi connectivity index (χ4n) is 3.99. The van der Waals surface area contributed by atoms with Gasteiger partial charge in [0.05, 0.1) is 12.0 Å². The van der Waals surface area contributed by atoms with Crippen LogP contribution in [-0.2, 0) is 9.53 Å². The van der Waals surface area contributed by atoms with Crippen molar-refractivity contribution in [3.8, 4) is 0 Å². The number of rotatable bonds is 3. The first-order valence-electron chi connectivity index (χ1n) is 8.65. The Morgan fingerprint density at radius 1 is 1.27 bits per heavy atom. The van der Waals surface area contributed by atoms with Crippen molar-refractivity contribution < 1.29 is 14.3 Å². The molecule has 3 heterocycles. The smallest absolute Gasteiger partial charge is 0.317 e. The molecule has 0 aromatic heterocycles. The number of nitrogens with zero attached hydrogens (tertiary/aromatic N) is 2. The van der Waals surface area contributed by atoms with E-state index in [1.165, 1.54) is 0 Å². The molecule has 0 aromatic rings. The van der Waals surface area contributed by atoms with Crippen LogP contribution in [0.1, 0.15) is 39.0 Å². The number of nitrogens with one attached hydrogen (secondary N) is 1. The summed E-state index contributed by atoms with van der Waals surface area (Å²) in [5.74, 6) is 0.293. The highest BCUT2D eigenvalue weighted by molar-refractivity contribution is 5.80. The maximum atomic E-state index is 12.8. The molecule has 0 bridgehead atoms. The van der Waals surface area contributed by atoms with Gasteiger partial charge in [-0.05, 0) is 32.1 Å². The van der Waals surface area contributed by atoms with Crippen molar-refractivity contribution in [2.75, 3.05) is 32.8 Å². The second-order valence-electron chi connectivity index (χ2n) is 6.55. The molecule has 3 aliphatic heterocycles. The Hall–Kier alpha value is -1.30. The fraction of sp³-hybridized carbons (Fsp3) is 0.875. The molecule has 22 heavy (non-hydrogen) atoms. The molecule has 0 spiro atoms. The van der Waals surface area contributed by atoms with Gasteiger partial charge in [0.25, 0.3) is 0 Å². The Morgan fingerprint density at radius 3 is 2.68 bits per heavy atom. The van der Waals surface area contributed by atoms with Crippen molar-refractivity contribution in [3.63, 3.8) is 0 Å². The summed E-state index contributed by atoms with van der Waals surface area (Å²) in [5, 5.41) is 2.86. The second kappa shape index (κ2) is 6.86. The van der Waals surface area contributed by atoms with Crippen LogP contribution in [0.25, 0.3) is 0 Å². The summed E-state index contributed by atoms with van der Waals surface area (Å²) < 4.78 is 5.76. The molecule has 3 rings (SSSR count). The minimum absolute atomic E-state index is 0.0328. The van der Waals surface area contributed by atoms with Gasteiger partial charge in [-0.25, -0.2) is 4.79 Å². The number of amides is 3. The second-order valence-corrected chi connectivity index (χ2v) is 6.55. The zero-order chi connectivity index (χ0) is 15.5. The molecule has 6 nitrogen and oxygen atoms in total. The summed E-state index contributed by atoms with van der Waals surface area (Å²) in [7, 11) is 0. The zero-order valence-corrected chi connectivity index (χ0v) is 13.4. The average Bonchev–Trinajstić information content (AvgIpc) is 3.00. The van der Waals surface area contributed by atoms with Gasteiger partial charge >= 0.3 is 6.03 Å². The zero-order valence-electron chi connectivity index (χ0n) is 13.4. The molecule has 124 valence electrons. The summed E-state index contributed by atoms with van der Waals surface area (Å²) in [5.41, 5.74) is 0. The molecule has 3 fully saturated rings. The van der Waals surface area contributed by atoms with E-state index in [1.807, 2.05) is 9.80 Å². The predicted molar refractivity (Wildman–Crippen MR) is 82.5 cm³/mol. The van der Waals surface area contributed by atoms with Gasteiger partial charge in [0.2, 0.25) is 5.91 Å². The fourth-order valence-corrected chi connectivity index (χ4v) is 3.99. The van der Waals surface area contributed by atoms with Gasteiger partial charge in [-0.1, -0.05) is 6.92 Å². The van der Waals surface area contributed by atoms with Gasteiger partial charge in [-0.2, -0.15) is 0 Å². The van der Waals surface area contributed by atoms with E-state index in [1.54, 1.807) is 0 Å². The lowest BCUT2D eigenvalue weighted by molar-refractivity contribution is -0.146. The van der Waals surface area contributed by atoms with Crippen LogP contribution in [0.4, 0.5) is 4.79 Å². The van der Waals surface area contributed by atoms with Gasteiger partial charge in [-0.15, -0.1) is 0 Å². The standard InChI is InChI=1S/C16H27N3O3/c1-2-14-13(4-3-11-22-14)15(20)18-8-5-12(6-9-18)19-10-7-17-16(19)21/h12-14H,2-11H2,1H3,(H,17,21)/t13-,14-/m0/s1. The third-order valence-corrected chi connectivity index (χ3v) is 5.27. The van der Waals surface area contributed by atoms with Crippen LogP contribution in [0.3, 0.4) is 0 Å². The molecule has 0 radical (unpaired) electrons. The molecule has 3 amide bonds. The van der Waals surface area contributed by atoms with Crippen molar-refractivity contribution in [1.82, 2.24) is 15.1 Å². The third-order valence-electron chi connectivity index (χ3n) is 5.27. The summed E-state index contributed by atoms with van der Waals surface area (Å²) in [4.78, 5) is 28.4. The van der Waals surface area contributed by atoms with Crippen molar-refractivity contribution in [3.05, 3.63) is 0 Å². The van der Waals surface area contributed by atoms with Crippen LogP contribution in [0.15, 0.2) is 0 Å². The van der Waals surface area contributed by atoms with Gasteiger partial charge in [0.15, 0.2) is 0 Å². The maximum absolute atomic E-state index is 12.8. The lowest BCUT2D eigenvalue weighted by Gasteiger charge is -2.39. The van der Waals surface area contributed by atoms with E-state index in [0.29, 0.717) is 0 Å². The van der Waals surface area contributed by atoms with Crippen molar-refractivity contribution >= 4 is 11.9 Å². The quantitative estimate of drug-likeness (QED) is 0.852. The molecule has 0 aromatic carbocycles. The van der Waals surface area contributed by atoms with E-state index in [4.69, 9.17) is 4.74 Å². The molecule has 3 saturated heterocycles. The highest BCUT2D eigenvalue weighted by Gasteiger charge is 2.37. The molecule has 6 heteroatoms. The number of ether oxygens (including phenoxy) is 1. The normalized spacial score (nSPS) is 30.5. The van der Waals surface area contributed by atoms with E-state index in [0.717, 1.165) is 64.9 Å². The molecule has 1 N–H and O–H groups in total. The Balaban J connectivity index is 1.54. The van der Waals surface area contributed by atoms with Gasteiger partial charge in [0, 0.05) is 38.8 Å². The van der Waals surface area contributed by atoms with Gasteiger partial charge in [0.1, 0.15) is 0 Å². The topological polar surface area (TPSA) is 61.9 Å². The Kier molecular flexibility index (Phi) is 4.86. The maximum Gasteiger partial charge on any atom is 0.317 e. The Morgan fingerprint density at radius 2 is 2.05 bits per heavy atom. The third kappa shape index (κ3) is 3.07. The number of hydrogen-bond donors (Lipinski definition) is 1. The van der Waals surface area contributed by atoms with Crippen LogP contribution in [0, 0.1) is 5.92 Å². The monoisotopic (exact) mass is 309 g/mol. The average molecular weight is 309 g/mol. The van der Waals surface area contributed by atoms with Crippen LogP contribution >= 0.6 is 0 Å². The number of urea groups is 1. The molecular formula is C16H27N3O3. The summed E-state index contributed by atoms with van der Waals surface area (Å²) in [6.45, 7) is 5.95. The highest BCUT2D eigenvalue weighted by Crippen LogP contribution is 2.27. The van der Waals surface area contributed by atoms with E-state index < -0.39 is 0 Å². The van der Waals surface area contributed by atoms with Gasteiger partial charge in [-0.3, -0.25) is 4.79 Å². The number of piperidine rings is 1. The molecular weight excluding hydrogens is 282 g/mol. The van der Waals surface area contributed by atoms with Crippen molar-refractivity contribution in [1.29, 1.82) is 0 Å². The van der Waals surface area contributed by atoms with Crippen LogP contribution in [0.5, 0.6) is 0 Å². The lowest BCUT2D eigenvalue weighted by atomic mass is 9.90. The molecule has 0 saturated carbocycles. The minimum atomic E-state index is 0.0328. The van der Waals surface area contributed by atoms with E-state index >= 15 is 0 Å². The summed E-state index contributed by atoms with van der Waals surface area (Å²) >= 11 is 0.